The molecular formula is C33H29FN4O5S. The second kappa shape index (κ2) is 12.5. The van der Waals surface area contributed by atoms with Crippen molar-refractivity contribution >= 4 is 26.7 Å². The summed E-state index contributed by atoms with van der Waals surface area (Å²) in [5, 5.41) is 22.4. The molecule has 1 saturated heterocycles. The van der Waals surface area contributed by atoms with Crippen molar-refractivity contribution in [2.45, 2.75) is 23.8 Å². The molecule has 0 aliphatic carbocycles. The number of halogens is 1. The fourth-order valence-corrected chi connectivity index (χ4v) is 6.85. The third-order valence-electron chi connectivity index (χ3n) is 7.50. The lowest BCUT2D eigenvalue weighted by Crippen LogP contribution is -2.26. The predicted molar refractivity (Wildman–Crippen MR) is 164 cm³/mol. The quantitative estimate of drug-likeness (QED) is 0.221. The van der Waals surface area contributed by atoms with Crippen molar-refractivity contribution in [2.24, 2.45) is 0 Å². The van der Waals surface area contributed by atoms with Gasteiger partial charge in [-0.3, -0.25) is 0 Å². The van der Waals surface area contributed by atoms with Gasteiger partial charge in [0, 0.05) is 36.0 Å². The minimum Gasteiger partial charge on any atom is -0.489 e. The highest BCUT2D eigenvalue weighted by Gasteiger charge is 2.28. The zero-order valence-corrected chi connectivity index (χ0v) is 24.4. The van der Waals surface area contributed by atoms with Gasteiger partial charge in [0.15, 0.2) is 5.65 Å². The molecule has 2 aromatic heterocycles. The van der Waals surface area contributed by atoms with Gasteiger partial charge in [0.25, 0.3) is 10.0 Å². The lowest BCUT2D eigenvalue weighted by molar-refractivity contribution is 0.0254. The number of hydrogen-bond donors (Lipinski definition) is 2. The van der Waals surface area contributed by atoms with E-state index in [0.29, 0.717) is 49.5 Å². The van der Waals surface area contributed by atoms with Gasteiger partial charge in [-0.25, -0.2) is 21.8 Å². The van der Waals surface area contributed by atoms with Crippen molar-refractivity contribution in [3.63, 3.8) is 0 Å². The minimum atomic E-state index is -4.17. The molecule has 3 aromatic carbocycles. The predicted octanol–water partition coefficient (Wildman–Crippen LogP) is 5.58. The molecule has 3 heterocycles. The molecule has 0 bridgehead atoms. The summed E-state index contributed by atoms with van der Waals surface area (Å²) in [6, 6.07) is 23.6. The minimum absolute atomic E-state index is 0.0402. The first-order valence-electron chi connectivity index (χ1n) is 14.2. The van der Waals surface area contributed by atoms with Gasteiger partial charge >= 0.3 is 0 Å². The standard InChI is InChI=1S/C33H29FN4O5S/c34-29-21-37-33-28(32(29)23-8-11-31(24(18-23)20-35)43-26-12-16-42-17-13-26)19-30(22-6-9-25(10-7-22)36-14-15-39)38(33)44(40,41)27-4-2-1-3-5-27/h1-11,18-19,21,26,36,39H,12-17H2. The number of fused-ring (bicyclic) bond motifs is 1. The van der Waals surface area contributed by atoms with Gasteiger partial charge in [-0.05, 0) is 53.6 Å². The van der Waals surface area contributed by atoms with Crippen LogP contribution < -0.4 is 10.1 Å². The Labute approximate surface area is 254 Å². The summed E-state index contributed by atoms with van der Waals surface area (Å²) in [6.45, 7) is 1.48. The number of anilines is 1. The van der Waals surface area contributed by atoms with Crippen LogP contribution >= 0.6 is 0 Å². The van der Waals surface area contributed by atoms with Crippen molar-refractivity contribution in [1.82, 2.24) is 8.96 Å². The van der Waals surface area contributed by atoms with E-state index >= 15 is 4.39 Å². The summed E-state index contributed by atoms with van der Waals surface area (Å²) in [4.78, 5) is 4.32. The fourth-order valence-electron chi connectivity index (χ4n) is 5.34. The Hall–Kier alpha value is -4.76. The Bertz CT molecular complexity index is 1950. The van der Waals surface area contributed by atoms with Gasteiger partial charge in [-0.2, -0.15) is 5.26 Å². The molecule has 1 aliphatic heterocycles. The summed E-state index contributed by atoms with van der Waals surface area (Å²) >= 11 is 0. The van der Waals surface area contributed by atoms with Crippen LogP contribution in [0, 0.1) is 17.1 Å². The Morgan fingerprint density at radius 2 is 1.77 bits per heavy atom. The summed E-state index contributed by atoms with van der Waals surface area (Å²) in [5.74, 6) is -0.266. The molecule has 0 spiro atoms. The normalized spacial score (nSPS) is 13.9. The highest BCUT2D eigenvalue weighted by atomic mass is 32.2. The van der Waals surface area contributed by atoms with E-state index in [0.717, 1.165) is 15.9 Å². The first-order valence-corrected chi connectivity index (χ1v) is 15.6. The Kier molecular flexibility index (Phi) is 8.30. The molecule has 0 saturated carbocycles. The van der Waals surface area contributed by atoms with Crippen LogP contribution in [0.1, 0.15) is 18.4 Å². The molecule has 0 amide bonds. The molecule has 224 valence electrons. The maximum absolute atomic E-state index is 15.7. The SMILES string of the molecule is N#Cc1cc(-c2c(F)cnc3c2cc(-c2ccc(NCCO)cc2)n3S(=O)(=O)c2ccccc2)ccc1OC1CCOCC1. The van der Waals surface area contributed by atoms with Crippen LogP contribution in [0.5, 0.6) is 5.75 Å². The molecule has 2 N–H and O–H groups in total. The molecule has 0 radical (unpaired) electrons. The Morgan fingerprint density at radius 3 is 2.48 bits per heavy atom. The molecule has 0 atom stereocenters. The zero-order chi connectivity index (χ0) is 30.7. The van der Waals surface area contributed by atoms with E-state index in [1.165, 1.54) is 12.1 Å². The van der Waals surface area contributed by atoms with Gasteiger partial charge in [0.1, 0.15) is 23.7 Å². The second-order valence-corrected chi connectivity index (χ2v) is 12.1. The van der Waals surface area contributed by atoms with Crippen LogP contribution in [-0.4, -0.2) is 55.0 Å². The fraction of sp³-hybridized carbons (Fsp3) is 0.212. The number of nitrogens with one attached hydrogen (secondary N) is 1. The molecule has 9 nitrogen and oxygen atoms in total. The molecular weight excluding hydrogens is 583 g/mol. The number of nitriles is 1. The van der Waals surface area contributed by atoms with Gasteiger partial charge < -0.3 is 19.9 Å². The van der Waals surface area contributed by atoms with Crippen molar-refractivity contribution in [3.05, 3.63) is 96.4 Å². The number of aromatic nitrogens is 2. The van der Waals surface area contributed by atoms with E-state index in [9.17, 15) is 13.7 Å². The van der Waals surface area contributed by atoms with Crippen molar-refractivity contribution in [1.29, 1.82) is 5.26 Å². The van der Waals surface area contributed by atoms with E-state index in [4.69, 9.17) is 14.6 Å². The monoisotopic (exact) mass is 612 g/mol. The van der Waals surface area contributed by atoms with Crippen LogP contribution in [0.2, 0.25) is 0 Å². The lowest BCUT2D eigenvalue weighted by Gasteiger charge is -2.24. The van der Waals surface area contributed by atoms with Crippen molar-refractivity contribution in [3.8, 4) is 34.2 Å². The van der Waals surface area contributed by atoms with Crippen molar-refractivity contribution in [2.75, 3.05) is 31.7 Å². The molecule has 1 aliphatic rings. The number of aliphatic hydroxyl groups excluding tert-OH is 1. The molecule has 1 fully saturated rings. The molecule has 11 heteroatoms. The highest BCUT2D eigenvalue weighted by Crippen LogP contribution is 2.39. The maximum atomic E-state index is 15.7. The summed E-state index contributed by atoms with van der Waals surface area (Å²) in [5.41, 5.74) is 2.37. The average molecular weight is 613 g/mol. The van der Waals surface area contributed by atoms with Crippen LogP contribution in [-0.2, 0) is 14.8 Å². The lowest BCUT2D eigenvalue weighted by atomic mass is 10.00. The second-order valence-electron chi connectivity index (χ2n) is 10.3. The van der Waals surface area contributed by atoms with E-state index in [-0.39, 0.29) is 45.5 Å². The number of ether oxygens (including phenoxy) is 2. The number of pyridine rings is 1. The summed E-state index contributed by atoms with van der Waals surface area (Å²) in [7, 11) is -4.17. The number of rotatable bonds is 9. The van der Waals surface area contributed by atoms with Crippen LogP contribution in [0.3, 0.4) is 0 Å². The van der Waals surface area contributed by atoms with Crippen LogP contribution in [0.25, 0.3) is 33.4 Å². The van der Waals surface area contributed by atoms with E-state index in [2.05, 4.69) is 16.4 Å². The topological polar surface area (TPSA) is 126 Å². The number of nitrogens with zero attached hydrogens (tertiary/aromatic N) is 3. The highest BCUT2D eigenvalue weighted by molar-refractivity contribution is 7.90. The maximum Gasteiger partial charge on any atom is 0.269 e. The molecule has 0 unspecified atom stereocenters. The average Bonchev–Trinajstić information content (AvgIpc) is 3.45. The largest absolute Gasteiger partial charge is 0.489 e. The van der Waals surface area contributed by atoms with Gasteiger partial charge in [-0.15, -0.1) is 0 Å². The third-order valence-corrected chi connectivity index (χ3v) is 9.21. The van der Waals surface area contributed by atoms with Crippen molar-refractivity contribution < 1.29 is 27.4 Å². The van der Waals surface area contributed by atoms with Gasteiger partial charge in [0.05, 0.1) is 42.2 Å². The first kappa shape index (κ1) is 29.3. The number of benzene rings is 3. The van der Waals surface area contributed by atoms with E-state index in [1.54, 1.807) is 66.7 Å². The zero-order valence-electron chi connectivity index (χ0n) is 23.6. The van der Waals surface area contributed by atoms with Gasteiger partial charge in [-0.1, -0.05) is 36.4 Å². The molecule has 5 aromatic rings. The Balaban J connectivity index is 1.52. The third kappa shape index (κ3) is 5.63. The van der Waals surface area contributed by atoms with E-state index < -0.39 is 15.8 Å². The van der Waals surface area contributed by atoms with Gasteiger partial charge in [0.2, 0.25) is 0 Å². The van der Waals surface area contributed by atoms with Crippen LogP contribution in [0.15, 0.2) is 90.0 Å². The summed E-state index contributed by atoms with van der Waals surface area (Å²) < 4.78 is 56.5. The van der Waals surface area contributed by atoms with E-state index in [1.807, 2.05) is 0 Å². The first-order chi connectivity index (χ1) is 21.4. The van der Waals surface area contributed by atoms with Crippen LogP contribution in [0.4, 0.5) is 10.1 Å². The smallest absolute Gasteiger partial charge is 0.269 e. The number of aliphatic hydroxyl groups is 1. The molecule has 44 heavy (non-hydrogen) atoms. The Morgan fingerprint density at radius 1 is 1.05 bits per heavy atom. The number of hydrogen-bond acceptors (Lipinski definition) is 8. The summed E-state index contributed by atoms with van der Waals surface area (Å²) in [6.07, 6.45) is 2.32. The molecule has 6 rings (SSSR count).